The molecule has 0 amide bonds. The number of rotatable bonds is 1. The molecule has 0 atom stereocenters. The lowest BCUT2D eigenvalue weighted by Crippen LogP contribution is -1.93. The molecule has 2 heteroatoms. The van der Waals surface area contributed by atoms with Gasteiger partial charge in [-0.15, -0.1) is 12.4 Å². The lowest BCUT2D eigenvalue weighted by atomic mass is 10.0. The molecular formula is C10H14ClN. The Kier molecular flexibility index (Phi) is 2.63. The first kappa shape index (κ1) is 9.40. The highest BCUT2D eigenvalue weighted by atomic mass is 35.5. The number of halogens is 1. The number of nitrogens with two attached hydrogens (primary N) is 1. The topological polar surface area (TPSA) is 26.0 Å². The standard InChI is InChI=1S/C10H13N.ClH/c1-7-9(8-5-6-8)3-2-4-10(7)11;/h2-4,8H,5-6,11H2,1H3;1H. The van der Waals surface area contributed by atoms with Gasteiger partial charge in [-0.25, -0.2) is 0 Å². The monoisotopic (exact) mass is 183 g/mol. The number of benzene rings is 1. The Bertz CT molecular complexity index is 279. The number of hydrogen-bond acceptors (Lipinski definition) is 1. The highest BCUT2D eigenvalue weighted by molar-refractivity contribution is 5.85. The molecule has 0 aromatic heterocycles. The first-order valence-corrected chi connectivity index (χ1v) is 4.14. The van der Waals surface area contributed by atoms with Gasteiger partial charge >= 0.3 is 0 Å². The van der Waals surface area contributed by atoms with Crippen molar-refractivity contribution in [2.75, 3.05) is 5.73 Å². The zero-order valence-electron chi connectivity index (χ0n) is 7.21. The summed E-state index contributed by atoms with van der Waals surface area (Å²) in [5.74, 6) is 0.818. The van der Waals surface area contributed by atoms with Gasteiger partial charge in [0.25, 0.3) is 0 Å². The normalized spacial score (nSPS) is 15.4. The molecule has 0 radical (unpaired) electrons. The summed E-state index contributed by atoms with van der Waals surface area (Å²) in [7, 11) is 0. The van der Waals surface area contributed by atoms with Crippen LogP contribution in [0.5, 0.6) is 0 Å². The van der Waals surface area contributed by atoms with Crippen molar-refractivity contribution in [3.8, 4) is 0 Å². The molecule has 1 fully saturated rings. The third-order valence-electron chi connectivity index (χ3n) is 2.43. The Morgan fingerprint density at radius 3 is 2.58 bits per heavy atom. The molecule has 0 unspecified atom stereocenters. The van der Waals surface area contributed by atoms with E-state index >= 15 is 0 Å². The van der Waals surface area contributed by atoms with Crippen LogP contribution >= 0.6 is 12.4 Å². The Labute approximate surface area is 79.4 Å². The Morgan fingerprint density at radius 1 is 1.33 bits per heavy atom. The molecule has 0 heterocycles. The van der Waals surface area contributed by atoms with Crippen LogP contribution in [0.2, 0.25) is 0 Å². The predicted octanol–water partition coefficient (Wildman–Crippen LogP) is 2.88. The summed E-state index contributed by atoms with van der Waals surface area (Å²) in [4.78, 5) is 0. The molecule has 1 aromatic carbocycles. The van der Waals surface area contributed by atoms with Gasteiger partial charge < -0.3 is 5.73 Å². The average molecular weight is 184 g/mol. The second kappa shape index (κ2) is 3.36. The third-order valence-corrected chi connectivity index (χ3v) is 2.43. The summed E-state index contributed by atoms with van der Waals surface area (Å²) in [5.41, 5.74) is 9.48. The maximum Gasteiger partial charge on any atom is 0.0346 e. The van der Waals surface area contributed by atoms with E-state index in [1.807, 2.05) is 6.07 Å². The lowest BCUT2D eigenvalue weighted by Gasteiger charge is -2.05. The van der Waals surface area contributed by atoms with Crippen molar-refractivity contribution in [1.82, 2.24) is 0 Å². The summed E-state index contributed by atoms with van der Waals surface area (Å²) in [6.45, 7) is 2.11. The second-order valence-electron chi connectivity index (χ2n) is 3.34. The highest BCUT2D eigenvalue weighted by Gasteiger charge is 2.25. The van der Waals surface area contributed by atoms with Crippen molar-refractivity contribution in [2.45, 2.75) is 25.7 Å². The largest absolute Gasteiger partial charge is 0.399 e. The molecule has 0 aliphatic heterocycles. The Morgan fingerprint density at radius 2 is 2.00 bits per heavy atom. The fraction of sp³-hybridized carbons (Fsp3) is 0.400. The van der Waals surface area contributed by atoms with Crippen LogP contribution in [0.3, 0.4) is 0 Å². The summed E-state index contributed by atoms with van der Waals surface area (Å²) >= 11 is 0. The first-order valence-electron chi connectivity index (χ1n) is 4.14. The van der Waals surface area contributed by atoms with Gasteiger partial charge in [0.15, 0.2) is 0 Å². The van der Waals surface area contributed by atoms with E-state index in [1.54, 1.807) is 0 Å². The highest BCUT2D eigenvalue weighted by Crippen LogP contribution is 2.42. The van der Waals surface area contributed by atoms with E-state index in [1.165, 1.54) is 24.0 Å². The fourth-order valence-electron chi connectivity index (χ4n) is 1.51. The summed E-state index contributed by atoms with van der Waals surface area (Å²) < 4.78 is 0. The Hall–Kier alpha value is -0.690. The molecule has 1 nitrogen and oxygen atoms in total. The molecule has 0 bridgehead atoms. The van der Waals surface area contributed by atoms with Crippen LogP contribution in [0.1, 0.15) is 29.9 Å². The van der Waals surface area contributed by atoms with Crippen molar-refractivity contribution >= 4 is 18.1 Å². The van der Waals surface area contributed by atoms with Crippen LogP contribution in [-0.2, 0) is 0 Å². The van der Waals surface area contributed by atoms with Crippen molar-refractivity contribution in [3.63, 3.8) is 0 Å². The van der Waals surface area contributed by atoms with Crippen LogP contribution < -0.4 is 5.73 Å². The van der Waals surface area contributed by atoms with Gasteiger partial charge in [0.2, 0.25) is 0 Å². The molecule has 2 N–H and O–H groups in total. The Balaban J connectivity index is 0.000000720. The van der Waals surface area contributed by atoms with Crippen LogP contribution in [0.4, 0.5) is 5.69 Å². The van der Waals surface area contributed by atoms with E-state index in [2.05, 4.69) is 19.1 Å². The SMILES string of the molecule is Cc1c(N)cccc1C1CC1.Cl. The molecule has 1 aliphatic rings. The van der Waals surface area contributed by atoms with E-state index in [9.17, 15) is 0 Å². The molecule has 1 aliphatic carbocycles. The van der Waals surface area contributed by atoms with E-state index in [0.717, 1.165) is 11.6 Å². The van der Waals surface area contributed by atoms with Gasteiger partial charge in [-0.3, -0.25) is 0 Å². The van der Waals surface area contributed by atoms with E-state index in [-0.39, 0.29) is 12.4 Å². The van der Waals surface area contributed by atoms with E-state index in [4.69, 9.17) is 5.73 Å². The third kappa shape index (κ3) is 1.56. The number of hydrogen-bond donors (Lipinski definition) is 1. The van der Waals surface area contributed by atoms with Gasteiger partial charge in [0.1, 0.15) is 0 Å². The van der Waals surface area contributed by atoms with Crippen LogP contribution in [-0.4, -0.2) is 0 Å². The molecule has 1 saturated carbocycles. The average Bonchev–Trinajstić information content (AvgIpc) is 2.77. The molecule has 0 spiro atoms. The fourth-order valence-corrected chi connectivity index (χ4v) is 1.51. The minimum Gasteiger partial charge on any atom is -0.399 e. The van der Waals surface area contributed by atoms with Crippen molar-refractivity contribution in [2.24, 2.45) is 0 Å². The van der Waals surface area contributed by atoms with Gasteiger partial charge in [-0.2, -0.15) is 0 Å². The molecule has 2 rings (SSSR count). The summed E-state index contributed by atoms with van der Waals surface area (Å²) in [5, 5.41) is 0. The van der Waals surface area contributed by atoms with Gasteiger partial charge in [-0.05, 0) is 42.9 Å². The zero-order chi connectivity index (χ0) is 7.84. The maximum atomic E-state index is 5.79. The van der Waals surface area contributed by atoms with Gasteiger partial charge in [-0.1, -0.05) is 12.1 Å². The zero-order valence-corrected chi connectivity index (χ0v) is 8.03. The minimum absolute atomic E-state index is 0. The molecule has 0 saturated heterocycles. The summed E-state index contributed by atoms with van der Waals surface area (Å²) in [6, 6.07) is 6.22. The van der Waals surface area contributed by atoms with Crippen LogP contribution in [0, 0.1) is 6.92 Å². The lowest BCUT2D eigenvalue weighted by molar-refractivity contribution is 1.10. The van der Waals surface area contributed by atoms with E-state index in [0.29, 0.717) is 0 Å². The van der Waals surface area contributed by atoms with E-state index < -0.39 is 0 Å². The number of nitrogen functional groups attached to an aromatic ring is 1. The minimum atomic E-state index is 0. The molecular weight excluding hydrogens is 170 g/mol. The van der Waals surface area contributed by atoms with Crippen molar-refractivity contribution in [1.29, 1.82) is 0 Å². The van der Waals surface area contributed by atoms with Gasteiger partial charge in [0, 0.05) is 5.69 Å². The van der Waals surface area contributed by atoms with Crippen LogP contribution in [0.25, 0.3) is 0 Å². The molecule has 66 valence electrons. The van der Waals surface area contributed by atoms with Gasteiger partial charge in [0.05, 0.1) is 0 Å². The molecule has 12 heavy (non-hydrogen) atoms. The quantitative estimate of drug-likeness (QED) is 0.666. The van der Waals surface area contributed by atoms with Crippen molar-refractivity contribution in [3.05, 3.63) is 29.3 Å². The summed E-state index contributed by atoms with van der Waals surface area (Å²) in [6.07, 6.45) is 2.70. The smallest absolute Gasteiger partial charge is 0.0346 e. The first-order chi connectivity index (χ1) is 5.29. The maximum absolute atomic E-state index is 5.79. The second-order valence-corrected chi connectivity index (χ2v) is 3.34. The van der Waals surface area contributed by atoms with Crippen LogP contribution in [0.15, 0.2) is 18.2 Å². The predicted molar refractivity (Wildman–Crippen MR) is 54.8 cm³/mol. The molecule has 1 aromatic rings. The van der Waals surface area contributed by atoms with Crippen molar-refractivity contribution < 1.29 is 0 Å². The number of anilines is 1.